The first-order valence-corrected chi connectivity index (χ1v) is 39.8. The second kappa shape index (κ2) is 60.8. The third kappa shape index (κ3) is 52.0. The van der Waals surface area contributed by atoms with E-state index in [9.17, 15) is 43.2 Å². The van der Waals surface area contributed by atoms with Crippen LogP contribution in [0.2, 0.25) is 0 Å². The third-order valence-corrected chi connectivity index (χ3v) is 18.7. The van der Waals surface area contributed by atoms with Gasteiger partial charge in [-0.05, 0) is 122 Å². The number of Topliss-reactive ketones (excluding diaryl/α,β-unsaturated/α-hetero) is 6. The number of hydrogen-bond donors (Lipinski definition) is 26. The maximum Gasteiger partial charge on any atom is 0.240 e. The molecule has 43 N–H and O–H groups in total. The average Bonchev–Trinajstić information content (AvgIpc) is 0.857. The molecular formula is C71H133N33O13S. The van der Waals surface area contributed by atoms with E-state index in [-0.39, 0.29) is 246 Å². The van der Waals surface area contributed by atoms with Gasteiger partial charge in [0.05, 0.1) is 36.5 Å². The zero-order valence-corrected chi connectivity index (χ0v) is 68.9. The van der Waals surface area contributed by atoms with Crippen LogP contribution in [0.5, 0.6) is 0 Å². The summed E-state index contributed by atoms with van der Waals surface area (Å²) < 4.78 is 0. The predicted octanol–water partition coefficient (Wildman–Crippen LogP) is -7.64. The van der Waals surface area contributed by atoms with Crippen molar-refractivity contribution in [1.82, 2.24) is 31.9 Å². The van der Waals surface area contributed by atoms with Crippen molar-refractivity contribution in [3.8, 4) is 0 Å². The van der Waals surface area contributed by atoms with Crippen LogP contribution >= 0.6 is 12.6 Å². The number of hydrogen-bond acceptors (Lipinski definition) is 23. The molecular weight excluding hydrogens is 1560 g/mol. The van der Waals surface area contributed by atoms with E-state index >= 15 is 19.2 Å². The maximum atomic E-state index is 15.2. The highest BCUT2D eigenvalue weighted by Gasteiger charge is 2.37. The van der Waals surface area contributed by atoms with E-state index in [0.717, 1.165) is 0 Å². The Morgan fingerprint density at radius 2 is 0.534 bits per heavy atom. The quantitative estimate of drug-likeness (QED) is 0.0116. The fraction of sp³-hybridized carbons (Fsp3) is 0.690. The summed E-state index contributed by atoms with van der Waals surface area (Å²) >= 11 is 4.13. The smallest absolute Gasteiger partial charge is 0.240 e. The molecule has 11 atom stereocenters. The first-order chi connectivity index (χ1) is 55.6. The molecule has 0 aromatic rings. The fourth-order valence-corrected chi connectivity index (χ4v) is 12.5. The molecule has 0 aromatic carbocycles. The molecule has 0 aliphatic rings. The molecule has 47 heteroatoms. The SMILES string of the molecule is CC(=O)C[C@@H](C)C(=O)NCC(=O)C[C@H](CCCN=C(N)N)C(=O)N[C@H](CCCN=C(N)N)C(=O)C[C@H](CCCN=C(N)N)C(=O)N[C@H](CCCN=C(N)N)C(=O)C[C@H](CCCN=C(N)N)C(=O)N[C@H](CCCN=C(N)N)C(=O)C[C@H](CCCN=C(N)N)C(=O)N[C@H](CCCCC(=N)N)C(=O)C[C@H](CCCN=C(N)N)C(=O)N[C@H](CS)C(N)=O. The van der Waals surface area contributed by atoms with E-state index in [1.807, 2.05) is 0 Å². The zero-order valence-electron chi connectivity index (χ0n) is 68.0. The monoisotopic (exact) mass is 1690 g/mol. The minimum atomic E-state index is -1.45. The first-order valence-electron chi connectivity index (χ1n) is 39.1. The van der Waals surface area contributed by atoms with Gasteiger partial charge in [0.15, 0.2) is 76.6 Å². The molecule has 0 heterocycles. The van der Waals surface area contributed by atoms with Gasteiger partial charge in [-0.15, -0.1) is 0 Å². The number of ketones is 6. The Balaban J connectivity index is 8.14. The van der Waals surface area contributed by atoms with Crippen LogP contribution in [0, 0.1) is 40.9 Å². The molecule has 0 radical (unpaired) electrons. The topological polar surface area (TPSA) is 885 Å². The Morgan fingerprint density at radius 3 is 0.754 bits per heavy atom. The fourth-order valence-electron chi connectivity index (χ4n) is 12.2. The number of nitrogens with two attached hydrogens (primary N) is 18. The van der Waals surface area contributed by atoms with Crippen molar-refractivity contribution in [3.05, 3.63) is 0 Å². The zero-order chi connectivity index (χ0) is 89.4. The number of amidine groups is 1. The molecule has 7 amide bonds. The van der Waals surface area contributed by atoms with Crippen molar-refractivity contribution in [1.29, 1.82) is 5.41 Å². The second-order valence-corrected chi connectivity index (χ2v) is 29.1. The van der Waals surface area contributed by atoms with Crippen LogP contribution in [0.3, 0.4) is 0 Å². The van der Waals surface area contributed by atoms with Gasteiger partial charge in [0.25, 0.3) is 0 Å². The van der Waals surface area contributed by atoms with E-state index in [1.54, 1.807) is 0 Å². The van der Waals surface area contributed by atoms with Crippen molar-refractivity contribution in [2.45, 2.75) is 211 Å². The van der Waals surface area contributed by atoms with E-state index in [2.05, 4.69) is 84.5 Å². The van der Waals surface area contributed by atoms with Crippen LogP contribution in [-0.4, -0.2) is 224 Å². The van der Waals surface area contributed by atoms with E-state index < -0.39 is 175 Å². The number of unbranched alkanes of at least 4 members (excludes halogenated alkanes) is 1. The molecule has 0 bridgehead atoms. The van der Waals surface area contributed by atoms with Gasteiger partial charge in [0.1, 0.15) is 11.8 Å². The summed E-state index contributed by atoms with van der Waals surface area (Å²) in [5.74, 6) is -18.5. The van der Waals surface area contributed by atoms with Crippen molar-refractivity contribution in [2.24, 2.45) is 179 Å². The van der Waals surface area contributed by atoms with E-state index in [4.69, 9.17) is 109 Å². The molecule has 666 valence electrons. The first kappa shape index (κ1) is 106. The number of carbonyl (C=O) groups is 13. The van der Waals surface area contributed by atoms with Gasteiger partial charge < -0.3 is 140 Å². The molecule has 118 heavy (non-hydrogen) atoms. The lowest BCUT2D eigenvalue weighted by Crippen LogP contribution is -2.50. The van der Waals surface area contributed by atoms with Crippen LogP contribution in [0.1, 0.15) is 181 Å². The lowest BCUT2D eigenvalue weighted by Gasteiger charge is -2.27. The van der Waals surface area contributed by atoms with Gasteiger partial charge >= 0.3 is 0 Å². The molecule has 0 aliphatic carbocycles. The Morgan fingerprint density at radius 1 is 0.305 bits per heavy atom. The predicted molar refractivity (Wildman–Crippen MR) is 455 cm³/mol. The van der Waals surface area contributed by atoms with Crippen molar-refractivity contribution >= 4 is 142 Å². The summed E-state index contributed by atoms with van der Waals surface area (Å²) in [7, 11) is 0. The van der Waals surface area contributed by atoms with Crippen molar-refractivity contribution < 1.29 is 62.3 Å². The lowest BCUT2D eigenvalue weighted by molar-refractivity contribution is -0.136. The normalized spacial score (nSPS) is 13.6. The van der Waals surface area contributed by atoms with Gasteiger partial charge in [0, 0.05) is 139 Å². The summed E-state index contributed by atoms with van der Waals surface area (Å²) in [5.41, 5.74) is 101. The van der Waals surface area contributed by atoms with Gasteiger partial charge in [-0.3, -0.25) is 103 Å². The summed E-state index contributed by atoms with van der Waals surface area (Å²) in [6.07, 6.45) is -2.11. The Kier molecular flexibility index (Phi) is 54.7. The highest BCUT2D eigenvalue weighted by molar-refractivity contribution is 7.80. The number of nitrogens with zero attached hydrogens (tertiary/aromatic N) is 8. The maximum absolute atomic E-state index is 15.2. The number of aliphatic imine (C=N–C) groups is 8. The van der Waals surface area contributed by atoms with Gasteiger partial charge in [0.2, 0.25) is 41.4 Å². The average molecular weight is 1690 g/mol. The molecule has 0 spiro atoms. The number of carbonyl (C=O) groups excluding carboxylic acids is 13. The standard InChI is InChI=1S/C71H133N33O13S/c1-39(31-40(2)105)58(112)99-37-46(106)32-41(13-5-23-91-64(75)76)59(113)101-48(19-10-28-96-69(85)86)53(108)34-43(15-7-25-93-66(79)80)61(115)103-50(21-12-30-98-71(89)90)55(110)35-44(16-8-26-94-67(81)82)62(116)102-49(20-11-29-97-70(87)88)54(109)33-42(14-6-24-92-65(77)78)60(114)100-47(18-3-4-22-56(72)73)52(107)36-45(17-9-27-95-68(83)84)63(117)104-51(38-118)57(74)111/h39,41-45,47-51,118H,3-38H2,1-2H3,(H3,72,73)(H2,74,111)(H,99,112)(H,100,114)(H,101,113)(H,102,116)(H,103,115)(H,104,117)(H4,75,76,91)(H4,77,78,92)(H4,79,80,93)(H4,81,82,94)(H4,83,84,95)(H4,85,86,96)(H4,87,88,97)(H4,89,90,98)/t39-,41+,42+,43+,44+,45+,47-,48-,49-,50-,51-/m1/s1. The van der Waals surface area contributed by atoms with Crippen LogP contribution < -0.4 is 135 Å². The van der Waals surface area contributed by atoms with Crippen LogP contribution in [-0.2, 0) is 62.3 Å². The number of thiol groups is 1. The minimum absolute atomic E-state index is 0.00909. The Hall–Kier alpha value is -11.7. The van der Waals surface area contributed by atoms with Gasteiger partial charge in [-0.1, -0.05) is 13.3 Å². The molecule has 0 fully saturated rings. The van der Waals surface area contributed by atoms with Crippen molar-refractivity contribution in [3.63, 3.8) is 0 Å². The van der Waals surface area contributed by atoms with Gasteiger partial charge in [-0.2, -0.15) is 12.6 Å². The van der Waals surface area contributed by atoms with Gasteiger partial charge in [-0.25, -0.2) is 0 Å². The van der Waals surface area contributed by atoms with E-state index in [1.165, 1.54) is 13.8 Å². The second-order valence-electron chi connectivity index (χ2n) is 28.7. The molecule has 0 aliphatic heterocycles. The summed E-state index contributed by atoms with van der Waals surface area (Å²) in [6.45, 7) is 2.20. The Labute approximate surface area is 693 Å². The molecule has 0 saturated heterocycles. The number of rotatable bonds is 68. The molecule has 0 unspecified atom stereocenters. The van der Waals surface area contributed by atoms with Crippen molar-refractivity contribution in [2.75, 3.05) is 64.7 Å². The number of guanidine groups is 8. The highest BCUT2D eigenvalue weighted by atomic mass is 32.1. The van der Waals surface area contributed by atoms with E-state index in [0.29, 0.717) is 6.42 Å². The summed E-state index contributed by atoms with van der Waals surface area (Å²) in [6, 6.07) is -6.81. The highest BCUT2D eigenvalue weighted by Crippen LogP contribution is 2.25. The Bertz CT molecular complexity index is 3500. The third-order valence-electron chi connectivity index (χ3n) is 18.3. The molecule has 0 saturated carbocycles. The molecule has 46 nitrogen and oxygen atoms in total. The van der Waals surface area contributed by atoms with Crippen LogP contribution in [0.25, 0.3) is 0 Å². The molecule has 0 aromatic heterocycles. The number of amides is 7. The van der Waals surface area contributed by atoms with Crippen LogP contribution in [0.15, 0.2) is 39.9 Å². The number of nitrogens with one attached hydrogen (secondary N) is 7. The molecule has 0 rings (SSSR count). The summed E-state index contributed by atoms with van der Waals surface area (Å²) in [4.78, 5) is 215. The lowest BCUT2D eigenvalue weighted by atomic mass is 9.88. The summed E-state index contributed by atoms with van der Waals surface area (Å²) in [5, 5.41) is 23.9. The minimum Gasteiger partial charge on any atom is -0.388 e. The number of primary amides is 1. The largest absolute Gasteiger partial charge is 0.388 e. The van der Waals surface area contributed by atoms with Crippen LogP contribution in [0.4, 0.5) is 0 Å².